The predicted molar refractivity (Wildman–Crippen MR) is 86.4 cm³/mol. The predicted octanol–water partition coefficient (Wildman–Crippen LogP) is 4.00. The van der Waals surface area contributed by atoms with Crippen molar-refractivity contribution in [2.24, 2.45) is 0 Å². The molecule has 0 spiro atoms. The lowest BCUT2D eigenvalue weighted by Gasteiger charge is -2.25. The topological polar surface area (TPSA) is 20.3 Å². The zero-order chi connectivity index (χ0) is 14.0. The van der Waals surface area contributed by atoms with Crippen LogP contribution in [0.4, 0.5) is 0 Å². The van der Waals surface area contributed by atoms with Crippen LogP contribution < -0.4 is 0 Å². The number of likely N-dealkylation sites (tertiary alicyclic amines) is 1. The van der Waals surface area contributed by atoms with E-state index >= 15 is 0 Å². The molecule has 0 N–H and O–H groups in total. The van der Waals surface area contributed by atoms with Crippen molar-refractivity contribution in [1.82, 2.24) is 4.90 Å². The maximum absolute atomic E-state index is 11.9. The van der Waals surface area contributed by atoms with E-state index in [-0.39, 0.29) is 5.91 Å². The Labute approximate surface area is 125 Å². The Morgan fingerprint density at radius 3 is 2.60 bits per heavy atom. The third-order valence-electron chi connectivity index (χ3n) is 3.29. The van der Waals surface area contributed by atoms with Crippen LogP contribution in [0.2, 0.25) is 0 Å². The van der Waals surface area contributed by atoms with Crippen LogP contribution in [-0.2, 0) is 10.5 Å². The van der Waals surface area contributed by atoms with E-state index in [1.54, 1.807) is 17.8 Å². The lowest BCUT2D eigenvalue weighted by molar-refractivity contribution is -0.126. The molecule has 106 valence electrons. The number of carbonyl (C=O) groups excluding carboxylic acids is 1. The molecule has 1 saturated heterocycles. The van der Waals surface area contributed by atoms with E-state index in [0.717, 1.165) is 31.7 Å². The van der Waals surface area contributed by atoms with Crippen LogP contribution in [-0.4, -0.2) is 23.9 Å². The summed E-state index contributed by atoms with van der Waals surface area (Å²) < 4.78 is 0. The number of hydrogen-bond acceptors (Lipinski definition) is 2. The zero-order valence-electron chi connectivity index (χ0n) is 11.7. The lowest BCUT2D eigenvalue weighted by Crippen LogP contribution is -2.34. The molecule has 0 aromatic heterocycles. The van der Waals surface area contributed by atoms with E-state index in [1.807, 2.05) is 28.5 Å². The highest BCUT2D eigenvalue weighted by molar-refractivity contribution is 8.01. The second kappa shape index (κ2) is 8.64. The second-order valence-electron chi connectivity index (χ2n) is 4.87. The quantitative estimate of drug-likeness (QED) is 0.602. The van der Waals surface area contributed by atoms with Gasteiger partial charge in [0.15, 0.2) is 0 Å². The molecule has 20 heavy (non-hydrogen) atoms. The Morgan fingerprint density at radius 2 is 1.85 bits per heavy atom. The third kappa shape index (κ3) is 5.25. The Hall–Kier alpha value is -1.48. The van der Waals surface area contributed by atoms with Crippen LogP contribution >= 0.6 is 11.8 Å². The molecule has 1 fully saturated rings. The third-order valence-corrected chi connectivity index (χ3v) is 4.13. The van der Waals surface area contributed by atoms with E-state index in [2.05, 4.69) is 24.3 Å². The van der Waals surface area contributed by atoms with Crippen molar-refractivity contribution >= 4 is 17.7 Å². The minimum atomic E-state index is 0.141. The van der Waals surface area contributed by atoms with Crippen LogP contribution in [0.3, 0.4) is 0 Å². The first-order valence-electron chi connectivity index (χ1n) is 7.14. The van der Waals surface area contributed by atoms with Gasteiger partial charge < -0.3 is 4.90 Å². The summed E-state index contributed by atoms with van der Waals surface area (Å²) in [4.78, 5) is 13.8. The first kappa shape index (κ1) is 14.9. The second-order valence-corrected chi connectivity index (χ2v) is 5.76. The number of carbonyl (C=O) groups is 1. The van der Waals surface area contributed by atoms with E-state index in [0.29, 0.717) is 0 Å². The first-order chi connectivity index (χ1) is 9.86. The zero-order valence-corrected chi connectivity index (χ0v) is 12.5. The number of thioether (sulfide) groups is 1. The summed E-state index contributed by atoms with van der Waals surface area (Å²) in [6, 6.07) is 10.4. The van der Waals surface area contributed by atoms with Crippen molar-refractivity contribution in [1.29, 1.82) is 0 Å². The van der Waals surface area contributed by atoms with E-state index in [9.17, 15) is 4.79 Å². The fourth-order valence-corrected chi connectivity index (χ4v) is 2.86. The number of rotatable bonds is 5. The molecule has 2 rings (SSSR count). The number of allylic oxidation sites excluding steroid dienone is 2. The van der Waals surface area contributed by atoms with Crippen molar-refractivity contribution in [2.75, 3.05) is 13.1 Å². The Balaban J connectivity index is 1.67. The van der Waals surface area contributed by atoms with Crippen molar-refractivity contribution in [3.8, 4) is 0 Å². The molecule has 3 heteroatoms. The van der Waals surface area contributed by atoms with Crippen LogP contribution in [0.1, 0.15) is 24.8 Å². The van der Waals surface area contributed by atoms with Gasteiger partial charge in [-0.25, -0.2) is 0 Å². The number of benzene rings is 1. The molecular formula is C17H21NOS. The van der Waals surface area contributed by atoms with Crippen LogP contribution in [0, 0.1) is 0 Å². The first-order valence-corrected chi connectivity index (χ1v) is 8.19. The maximum Gasteiger partial charge on any atom is 0.246 e. The molecule has 1 aromatic carbocycles. The highest BCUT2D eigenvalue weighted by atomic mass is 32.2. The van der Waals surface area contributed by atoms with Gasteiger partial charge in [-0.3, -0.25) is 4.79 Å². The standard InChI is InChI=1S/C17H21NOS/c19-17(18-12-6-2-7-13-18)11-5-8-14-20-15-16-9-3-1-4-10-16/h1,3-5,8-11,14H,2,6-7,12-13,15H2/b11-5+,14-8+. The fraction of sp³-hybridized carbons (Fsp3) is 0.353. The average molecular weight is 287 g/mol. The molecule has 0 unspecified atom stereocenters. The summed E-state index contributed by atoms with van der Waals surface area (Å²) in [7, 11) is 0. The number of nitrogens with zero attached hydrogens (tertiary/aromatic N) is 1. The fourth-order valence-electron chi connectivity index (χ4n) is 2.18. The van der Waals surface area contributed by atoms with Gasteiger partial charge in [0.25, 0.3) is 0 Å². The van der Waals surface area contributed by atoms with Crippen LogP contribution in [0.15, 0.2) is 54.0 Å². The van der Waals surface area contributed by atoms with Gasteiger partial charge in [0, 0.05) is 24.9 Å². The summed E-state index contributed by atoms with van der Waals surface area (Å²) in [5.41, 5.74) is 1.32. The van der Waals surface area contributed by atoms with Crippen molar-refractivity contribution in [3.63, 3.8) is 0 Å². The number of piperidine rings is 1. The number of hydrogen-bond donors (Lipinski definition) is 0. The van der Waals surface area contributed by atoms with Crippen LogP contribution in [0.5, 0.6) is 0 Å². The summed E-state index contributed by atoms with van der Waals surface area (Å²) in [5, 5.41) is 2.03. The van der Waals surface area contributed by atoms with Gasteiger partial charge in [0.1, 0.15) is 0 Å². The molecule has 1 amide bonds. The molecule has 1 heterocycles. The largest absolute Gasteiger partial charge is 0.339 e. The van der Waals surface area contributed by atoms with Crippen molar-refractivity contribution in [3.05, 3.63) is 59.5 Å². The summed E-state index contributed by atoms with van der Waals surface area (Å²) in [5.74, 6) is 1.10. The molecule has 1 aromatic rings. The highest BCUT2D eigenvalue weighted by Crippen LogP contribution is 2.13. The summed E-state index contributed by atoms with van der Waals surface area (Å²) in [6.45, 7) is 1.82. The minimum absolute atomic E-state index is 0.141. The van der Waals surface area contributed by atoms with Crippen molar-refractivity contribution < 1.29 is 4.79 Å². The minimum Gasteiger partial charge on any atom is -0.339 e. The molecule has 1 aliphatic rings. The lowest BCUT2D eigenvalue weighted by atomic mass is 10.1. The molecular weight excluding hydrogens is 266 g/mol. The molecule has 1 aliphatic heterocycles. The SMILES string of the molecule is O=C(/C=C/C=C/SCc1ccccc1)N1CCCCC1. The van der Waals surface area contributed by atoms with Crippen molar-refractivity contribution in [2.45, 2.75) is 25.0 Å². The molecule has 0 bridgehead atoms. The van der Waals surface area contributed by atoms with E-state index < -0.39 is 0 Å². The summed E-state index contributed by atoms with van der Waals surface area (Å²) in [6.07, 6.45) is 8.99. The Kier molecular flexibility index (Phi) is 6.45. The number of amides is 1. The van der Waals surface area contributed by atoms with Gasteiger partial charge in [0.05, 0.1) is 0 Å². The monoisotopic (exact) mass is 287 g/mol. The Bertz CT molecular complexity index is 461. The molecule has 2 nitrogen and oxygen atoms in total. The van der Waals surface area contributed by atoms with Crippen LogP contribution in [0.25, 0.3) is 0 Å². The van der Waals surface area contributed by atoms with Gasteiger partial charge in [0.2, 0.25) is 5.91 Å². The molecule has 0 aliphatic carbocycles. The van der Waals surface area contributed by atoms with Gasteiger partial charge in [-0.05, 0) is 30.2 Å². The smallest absolute Gasteiger partial charge is 0.246 e. The molecule has 0 radical (unpaired) electrons. The van der Waals surface area contributed by atoms with Gasteiger partial charge in [-0.2, -0.15) is 0 Å². The molecule has 0 saturated carbocycles. The van der Waals surface area contributed by atoms with Gasteiger partial charge >= 0.3 is 0 Å². The van der Waals surface area contributed by atoms with Gasteiger partial charge in [-0.15, -0.1) is 11.8 Å². The van der Waals surface area contributed by atoms with Gasteiger partial charge in [-0.1, -0.05) is 42.5 Å². The Morgan fingerprint density at radius 1 is 1.10 bits per heavy atom. The maximum atomic E-state index is 11.9. The highest BCUT2D eigenvalue weighted by Gasteiger charge is 2.12. The van der Waals surface area contributed by atoms with E-state index in [1.165, 1.54) is 12.0 Å². The summed E-state index contributed by atoms with van der Waals surface area (Å²) >= 11 is 1.74. The van der Waals surface area contributed by atoms with E-state index in [4.69, 9.17) is 0 Å². The normalized spacial score (nSPS) is 16.1. The molecule has 0 atom stereocenters. The average Bonchev–Trinajstić information content (AvgIpc) is 2.52.